The molecule has 0 bridgehead atoms. The predicted molar refractivity (Wildman–Crippen MR) is 77.3 cm³/mol. The van der Waals surface area contributed by atoms with Crippen LogP contribution >= 0.6 is 0 Å². The summed E-state index contributed by atoms with van der Waals surface area (Å²) in [6.45, 7) is 6.54. The fraction of sp³-hybridized carbons (Fsp3) is 0.625. The van der Waals surface area contributed by atoms with E-state index in [9.17, 15) is 0 Å². The van der Waals surface area contributed by atoms with Gasteiger partial charge in [0.2, 0.25) is 0 Å². The lowest BCUT2D eigenvalue weighted by atomic mass is 9.93. The Balaban J connectivity index is 2.03. The summed E-state index contributed by atoms with van der Waals surface area (Å²) in [6, 6.07) is 7.45. The van der Waals surface area contributed by atoms with Crippen LogP contribution in [0.15, 0.2) is 18.2 Å². The molecule has 1 aliphatic heterocycles. The van der Waals surface area contributed by atoms with Crippen molar-refractivity contribution < 1.29 is 4.74 Å². The van der Waals surface area contributed by atoms with E-state index in [2.05, 4.69) is 44.3 Å². The summed E-state index contributed by atoms with van der Waals surface area (Å²) in [5.41, 5.74) is 4.20. The van der Waals surface area contributed by atoms with Crippen molar-refractivity contribution in [1.82, 2.24) is 0 Å². The maximum absolute atomic E-state index is 5.47. The summed E-state index contributed by atoms with van der Waals surface area (Å²) in [5, 5.41) is 3.55. The standard InChI is InChI=1S/C16H25NO/c1-12-5-7-14-11-13(6-8-15(14)17-12)9-10-16(2,3)18-4/h6,8,11-12,17H,5,7,9-10H2,1-4H3. The van der Waals surface area contributed by atoms with Crippen molar-refractivity contribution in [2.75, 3.05) is 12.4 Å². The van der Waals surface area contributed by atoms with Gasteiger partial charge in [-0.25, -0.2) is 0 Å². The molecule has 2 rings (SSSR count). The van der Waals surface area contributed by atoms with E-state index in [0.29, 0.717) is 6.04 Å². The van der Waals surface area contributed by atoms with Crippen LogP contribution in [0, 0.1) is 0 Å². The second-order valence-electron chi connectivity index (χ2n) is 6.04. The van der Waals surface area contributed by atoms with Crippen molar-refractivity contribution >= 4 is 5.69 Å². The molecule has 0 fully saturated rings. The van der Waals surface area contributed by atoms with E-state index in [-0.39, 0.29) is 5.60 Å². The third-order valence-electron chi connectivity index (χ3n) is 3.99. The average Bonchev–Trinajstić information content (AvgIpc) is 2.36. The van der Waals surface area contributed by atoms with Gasteiger partial charge in [0.1, 0.15) is 0 Å². The molecular formula is C16H25NO. The van der Waals surface area contributed by atoms with Crippen molar-refractivity contribution in [3.05, 3.63) is 29.3 Å². The van der Waals surface area contributed by atoms with Crippen LogP contribution in [0.2, 0.25) is 0 Å². The first-order valence-corrected chi connectivity index (χ1v) is 6.94. The Kier molecular flexibility index (Phi) is 3.96. The van der Waals surface area contributed by atoms with Crippen molar-refractivity contribution in [2.24, 2.45) is 0 Å². The molecule has 0 radical (unpaired) electrons. The first-order valence-electron chi connectivity index (χ1n) is 6.94. The Morgan fingerprint density at radius 3 is 2.89 bits per heavy atom. The van der Waals surface area contributed by atoms with Gasteiger partial charge in [-0.1, -0.05) is 12.1 Å². The second kappa shape index (κ2) is 5.31. The summed E-state index contributed by atoms with van der Waals surface area (Å²) >= 11 is 0. The maximum atomic E-state index is 5.47. The zero-order valence-electron chi connectivity index (χ0n) is 12.0. The molecule has 0 spiro atoms. The van der Waals surface area contributed by atoms with Gasteiger partial charge < -0.3 is 10.1 Å². The van der Waals surface area contributed by atoms with Crippen LogP contribution in [0.5, 0.6) is 0 Å². The van der Waals surface area contributed by atoms with Crippen LogP contribution in [0.3, 0.4) is 0 Å². The van der Waals surface area contributed by atoms with E-state index < -0.39 is 0 Å². The molecule has 1 heterocycles. The van der Waals surface area contributed by atoms with Crippen molar-refractivity contribution in [2.45, 2.75) is 58.1 Å². The van der Waals surface area contributed by atoms with Crippen molar-refractivity contribution in [3.8, 4) is 0 Å². The van der Waals surface area contributed by atoms with Crippen LogP contribution in [0.1, 0.15) is 44.7 Å². The number of rotatable bonds is 4. The van der Waals surface area contributed by atoms with Crippen LogP contribution in [-0.4, -0.2) is 18.8 Å². The Morgan fingerprint density at radius 2 is 2.17 bits per heavy atom. The van der Waals surface area contributed by atoms with Crippen LogP contribution in [0.4, 0.5) is 5.69 Å². The van der Waals surface area contributed by atoms with E-state index >= 15 is 0 Å². The Bertz CT molecular complexity index is 412. The highest BCUT2D eigenvalue weighted by atomic mass is 16.5. The molecule has 2 nitrogen and oxygen atoms in total. The highest BCUT2D eigenvalue weighted by molar-refractivity contribution is 5.55. The van der Waals surface area contributed by atoms with Gasteiger partial charge >= 0.3 is 0 Å². The van der Waals surface area contributed by atoms with Crippen LogP contribution < -0.4 is 5.32 Å². The van der Waals surface area contributed by atoms with Gasteiger partial charge in [-0.05, 0) is 63.6 Å². The molecule has 0 amide bonds. The number of nitrogens with one attached hydrogen (secondary N) is 1. The number of anilines is 1. The van der Waals surface area contributed by atoms with Gasteiger partial charge in [-0.3, -0.25) is 0 Å². The van der Waals surface area contributed by atoms with Crippen LogP contribution in [-0.2, 0) is 17.6 Å². The average molecular weight is 247 g/mol. The molecule has 0 saturated carbocycles. The molecule has 1 aromatic carbocycles. The molecule has 1 unspecified atom stereocenters. The number of ether oxygens (including phenoxy) is 1. The Hall–Kier alpha value is -1.02. The third-order valence-corrected chi connectivity index (χ3v) is 3.99. The molecule has 1 N–H and O–H groups in total. The summed E-state index contributed by atoms with van der Waals surface area (Å²) in [6.07, 6.45) is 4.58. The lowest BCUT2D eigenvalue weighted by Gasteiger charge is -2.26. The highest BCUT2D eigenvalue weighted by Crippen LogP contribution is 2.27. The monoisotopic (exact) mass is 247 g/mol. The first kappa shape index (κ1) is 13.4. The zero-order chi connectivity index (χ0) is 13.2. The summed E-state index contributed by atoms with van der Waals surface area (Å²) < 4.78 is 5.47. The molecule has 1 aromatic rings. The number of hydrogen-bond donors (Lipinski definition) is 1. The summed E-state index contributed by atoms with van der Waals surface area (Å²) in [4.78, 5) is 0. The summed E-state index contributed by atoms with van der Waals surface area (Å²) in [7, 11) is 1.79. The molecule has 100 valence electrons. The number of aryl methyl sites for hydroxylation is 2. The highest BCUT2D eigenvalue weighted by Gasteiger charge is 2.17. The number of benzene rings is 1. The van der Waals surface area contributed by atoms with E-state index in [1.807, 2.05) is 0 Å². The van der Waals surface area contributed by atoms with Gasteiger partial charge in [0, 0.05) is 18.8 Å². The Morgan fingerprint density at radius 1 is 1.39 bits per heavy atom. The molecule has 18 heavy (non-hydrogen) atoms. The molecule has 1 aliphatic rings. The molecular weight excluding hydrogens is 222 g/mol. The minimum absolute atomic E-state index is 0.0251. The smallest absolute Gasteiger partial charge is 0.0625 e. The van der Waals surface area contributed by atoms with E-state index in [1.165, 1.54) is 29.7 Å². The van der Waals surface area contributed by atoms with E-state index in [1.54, 1.807) is 7.11 Å². The number of fused-ring (bicyclic) bond motifs is 1. The van der Waals surface area contributed by atoms with Gasteiger partial charge in [-0.15, -0.1) is 0 Å². The van der Waals surface area contributed by atoms with Crippen molar-refractivity contribution in [1.29, 1.82) is 0 Å². The van der Waals surface area contributed by atoms with Gasteiger partial charge in [0.15, 0.2) is 0 Å². The fourth-order valence-electron chi connectivity index (χ4n) is 2.41. The molecule has 0 aliphatic carbocycles. The van der Waals surface area contributed by atoms with Gasteiger partial charge in [-0.2, -0.15) is 0 Å². The predicted octanol–water partition coefficient (Wildman–Crippen LogP) is 3.79. The SMILES string of the molecule is COC(C)(C)CCc1ccc2c(c1)CCC(C)N2. The minimum Gasteiger partial charge on any atom is -0.382 e. The van der Waals surface area contributed by atoms with Crippen molar-refractivity contribution in [3.63, 3.8) is 0 Å². The van der Waals surface area contributed by atoms with Gasteiger partial charge in [0.05, 0.1) is 5.60 Å². The molecule has 2 heteroatoms. The van der Waals surface area contributed by atoms with E-state index in [0.717, 1.165) is 12.8 Å². The Labute approximate surface area is 111 Å². The first-order chi connectivity index (χ1) is 8.50. The quantitative estimate of drug-likeness (QED) is 0.874. The topological polar surface area (TPSA) is 21.3 Å². The van der Waals surface area contributed by atoms with Crippen LogP contribution in [0.25, 0.3) is 0 Å². The lowest BCUT2D eigenvalue weighted by Crippen LogP contribution is -2.23. The zero-order valence-corrected chi connectivity index (χ0v) is 12.0. The number of methoxy groups -OCH3 is 1. The maximum Gasteiger partial charge on any atom is 0.0625 e. The van der Waals surface area contributed by atoms with Gasteiger partial charge in [0.25, 0.3) is 0 Å². The second-order valence-corrected chi connectivity index (χ2v) is 6.04. The van der Waals surface area contributed by atoms with E-state index in [4.69, 9.17) is 4.74 Å². The molecule has 0 saturated heterocycles. The largest absolute Gasteiger partial charge is 0.382 e. The summed E-state index contributed by atoms with van der Waals surface area (Å²) in [5.74, 6) is 0. The number of hydrogen-bond acceptors (Lipinski definition) is 2. The third kappa shape index (κ3) is 3.26. The molecule has 0 aromatic heterocycles. The molecule has 1 atom stereocenters. The normalized spacial score (nSPS) is 19.2. The minimum atomic E-state index is -0.0251. The fourth-order valence-corrected chi connectivity index (χ4v) is 2.41. The lowest BCUT2D eigenvalue weighted by molar-refractivity contribution is 0.0158.